The smallest absolute Gasteiger partial charge is 0.425 e. The highest BCUT2D eigenvalue weighted by Crippen LogP contribution is 2.13. The van der Waals surface area contributed by atoms with Gasteiger partial charge < -0.3 is 10.1 Å². The fourth-order valence-electron chi connectivity index (χ4n) is 1.80. The van der Waals surface area contributed by atoms with E-state index >= 15 is 0 Å². The summed E-state index contributed by atoms with van der Waals surface area (Å²) in [6.45, 7) is 13.0. The predicted molar refractivity (Wildman–Crippen MR) is 67.7 cm³/mol. The second-order valence-electron chi connectivity index (χ2n) is 5.61. The van der Waals surface area contributed by atoms with E-state index in [2.05, 4.69) is 24.2 Å². The van der Waals surface area contributed by atoms with Crippen LogP contribution in [0.2, 0.25) is 0 Å². The van der Waals surface area contributed by atoms with Crippen LogP contribution in [0.3, 0.4) is 0 Å². The molecule has 0 atom stereocenters. The fourth-order valence-corrected chi connectivity index (χ4v) is 1.80. The van der Waals surface area contributed by atoms with Gasteiger partial charge in [0.15, 0.2) is 0 Å². The zero-order valence-corrected chi connectivity index (χ0v) is 11.6. The minimum atomic E-state index is -0.445. The van der Waals surface area contributed by atoms with Crippen LogP contribution in [0.1, 0.15) is 34.6 Å². The van der Waals surface area contributed by atoms with E-state index in [4.69, 9.17) is 4.74 Å². The summed E-state index contributed by atoms with van der Waals surface area (Å²) < 4.78 is 5.43. The molecular formula is C12H25N3O2. The van der Waals surface area contributed by atoms with E-state index in [0.717, 1.165) is 19.6 Å². The highest BCUT2D eigenvalue weighted by molar-refractivity contribution is 5.67. The van der Waals surface area contributed by atoms with E-state index in [1.54, 1.807) is 5.01 Å². The van der Waals surface area contributed by atoms with Crippen molar-refractivity contribution in [3.63, 3.8) is 0 Å². The molecule has 5 nitrogen and oxygen atoms in total. The normalized spacial score (nSPS) is 19.3. The van der Waals surface area contributed by atoms with Crippen molar-refractivity contribution >= 4 is 6.09 Å². The Labute approximate surface area is 104 Å². The Morgan fingerprint density at radius 3 is 2.35 bits per heavy atom. The van der Waals surface area contributed by atoms with E-state index in [0.29, 0.717) is 12.6 Å². The molecule has 1 N–H and O–H groups in total. The van der Waals surface area contributed by atoms with Crippen molar-refractivity contribution in [2.24, 2.45) is 0 Å². The Kier molecular flexibility index (Phi) is 4.77. The molecule has 17 heavy (non-hydrogen) atoms. The summed E-state index contributed by atoms with van der Waals surface area (Å²) in [7, 11) is 0. The highest BCUT2D eigenvalue weighted by atomic mass is 16.6. The minimum absolute atomic E-state index is 0.255. The van der Waals surface area contributed by atoms with Crippen molar-refractivity contribution in [1.29, 1.82) is 0 Å². The number of hydrazine groups is 1. The Balaban J connectivity index is 2.72. The Morgan fingerprint density at radius 2 is 1.82 bits per heavy atom. The SMILES string of the molecule is CC(C)N1CCNCCN1C(=O)OC(C)(C)C. The first-order valence-corrected chi connectivity index (χ1v) is 6.29. The van der Waals surface area contributed by atoms with E-state index in [1.165, 1.54) is 0 Å². The molecule has 1 saturated heterocycles. The van der Waals surface area contributed by atoms with Crippen LogP contribution < -0.4 is 5.32 Å². The second kappa shape index (κ2) is 5.69. The third kappa shape index (κ3) is 4.52. The Morgan fingerprint density at radius 1 is 1.24 bits per heavy atom. The molecule has 0 unspecified atom stereocenters. The summed E-state index contributed by atoms with van der Waals surface area (Å²) in [4.78, 5) is 12.1. The van der Waals surface area contributed by atoms with Crippen molar-refractivity contribution < 1.29 is 9.53 Å². The Hall–Kier alpha value is -0.810. The molecule has 0 aromatic rings. The largest absolute Gasteiger partial charge is 0.443 e. The molecule has 0 aromatic carbocycles. The number of amides is 1. The number of hydrogen-bond acceptors (Lipinski definition) is 4. The van der Waals surface area contributed by atoms with Gasteiger partial charge in [-0.25, -0.2) is 14.8 Å². The van der Waals surface area contributed by atoms with Gasteiger partial charge in [0.25, 0.3) is 0 Å². The lowest BCUT2D eigenvalue weighted by atomic mass is 10.2. The van der Waals surface area contributed by atoms with Gasteiger partial charge in [-0.2, -0.15) is 0 Å². The molecule has 5 heteroatoms. The number of hydrogen-bond donors (Lipinski definition) is 1. The second-order valence-corrected chi connectivity index (χ2v) is 5.61. The summed E-state index contributed by atoms with van der Waals surface area (Å²) in [6.07, 6.45) is -0.255. The van der Waals surface area contributed by atoms with E-state index in [-0.39, 0.29) is 6.09 Å². The summed E-state index contributed by atoms with van der Waals surface area (Å²) in [5.74, 6) is 0. The third-order valence-corrected chi connectivity index (χ3v) is 2.53. The Bertz CT molecular complexity index is 261. The summed E-state index contributed by atoms with van der Waals surface area (Å²) in [5.41, 5.74) is -0.445. The number of nitrogens with zero attached hydrogens (tertiary/aromatic N) is 2. The summed E-state index contributed by atoms with van der Waals surface area (Å²) in [6, 6.07) is 0.294. The highest BCUT2D eigenvalue weighted by Gasteiger charge is 2.29. The van der Waals surface area contributed by atoms with Crippen LogP contribution >= 0.6 is 0 Å². The summed E-state index contributed by atoms with van der Waals surface area (Å²) in [5, 5.41) is 7.07. The van der Waals surface area contributed by atoms with Crippen molar-refractivity contribution in [3.05, 3.63) is 0 Å². The number of rotatable bonds is 1. The molecule has 1 amide bonds. The standard InChI is InChI=1S/C12H25N3O2/c1-10(2)14-8-6-13-7-9-15(14)11(16)17-12(3,4)5/h10,13H,6-9H2,1-5H3. The van der Waals surface area contributed by atoms with Gasteiger partial charge in [0, 0.05) is 25.7 Å². The third-order valence-electron chi connectivity index (χ3n) is 2.53. The lowest BCUT2D eigenvalue weighted by Crippen LogP contribution is -2.52. The van der Waals surface area contributed by atoms with E-state index in [1.807, 2.05) is 20.8 Å². The lowest BCUT2D eigenvalue weighted by Gasteiger charge is -2.36. The number of nitrogens with one attached hydrogen (secondary N) is 1. The van der Waals surface area contributed by atoms with Gasteiger partial charge in [-0.15, -0.1) is 0 Å². The molecular weight excluding hydrogens is 218 g/mol. The van der Waals surface area contributed by atoms with Gasteiger partial charge in [0.1, 0.15) is 5.60 Å². The molecule has 0 radical (unpaired) electrons. The van der Waals surface area contributed by atoms with Gasteiger partial charge in [-0.3, -0.25) is 0 Å². The molecule has 0 spiro atoms. The van der Waals surface area contributed by atoms with Crippen LogP contribution in [-0.2, 0) is 4.74 Å². The zero-order valence-electron chi connectivity index (χ0n) is 11.6. The molecule has 1 heterocycles. The molecule has 1 rings (SSSR count). The van der Waals surface area contributed by atoms with Crippen LogP contribution in [0.25, 0.3) is 0 Å². The molecule has 0 aliphatic carbocycles. The maximum Gasteiger partial charge on any atom is 0.425 e. The average Bonchev–Trinajstić information content (AvgIpc) is 2.39. The molecule has 100 valence electrons. The lowest BCUT2D eigenvalue weighted by molar-refractivity contribution is -0.0584. The van der Waals surface area contributed by atoms with Gasteiger partial charge in [0.05, 0.1) is 6.54 Å². The molecule has 0 saturated carbocycles. The molecule has 0 bridgehead atoms. The van der Waals surface area contributed by atoms with Crippen molar-refractivity contribution in [2.75, 3.05) is 26.2 Å². The fraction of sp³-hybridized carbons (Fsp3) is 0.917. The minimum Gasteiger partial charge on any atom is -0.443 e. The van der Waals surface area contributed by atoms with Gasteiger partial charge in [-0.1, -0.05) is 0 Å². The number of carbonyl (C=O) groups excluding carboxylic acids is 1. The van der Waals surface area contributed by atoms with Gasteiger partial charge in [0.2, 0.25) is 0 Å². The first-order chi connectivity index (χ1) is 7.81. The van der Waals surface area contributed by atoms with Crippen LogP contribution in [0.5, 0.6) is 0 Å². The maximum atomic E-state index is 12.1. The summed E-state index contributed by atoms with van der Waals surface area (Å²) >= 11 is 0. The monoisotopic (exact) mass is 243 g/mol. The van der Waals surface area contributed by atoms with Crippen molar-refractivity contribution in [3.8, 4) is 0 Å². The van der Waals surface area contributed by atoms with Crippen molar-refractivity contribution in [2.45, 2.75) is 46.3 Å². The van der Waals surface area contributed by atoms with Crippen LogP contribution in [-0.4, -0.2) is 53.9 Å². The molecule has 1 fully saturated rings. The first-order valence-electron chi connectivity index (χ1n) is 6.29. The van der Waals surface area contributed by atoms with E-state index < -0.39 is 5.60 Å². The first kappa shape index (κ1) is 14.3. The quantitative estimate of drug-likeness (QED) is 0.757. The van der Waals surface area contributed by atoms with Crippen LogP contribution in [0.4, 0.5) is 4.79 Å². The topological polar surface area (TPSA) is 44.8 Å². The average molecular weight is 243 g/mol. The van der Waals surface area contributed by atoms with Crippen LogP contribution in [0, 0.1) is 0 Å². The zero-order chi connectivity index (χ0) is 13.1. The van der Waals surface area contributed by atoms with Crippen molar-refractivity contribution in [1.82, 2.24) is 15.3 Å². The molecule has 1 aliphatic heterocycles. The molecule has 0 aromatic heterocycles. The maximum absolute atomic E-state index is 12.1. The molecule has 1 aliphatic rings. The van der Waals surface area contributed by atoms with Gasteiger partial charge >= 0.3 is 6.09 Å². The predicted octanol–water partition coefficient (Wildman–Crippen LogP) is 1.45. The number of carbonyl (C=O) groups is 1. The number of ether oxygens (including phenoxy) is 1. The van der Waals surface area contributed by atoms with Crippen LogP contribution in [0.15, 0.2) is 0 Å². The van der Waals surface area contributed by atoms with Gasteiger partial charge in [-0.05, 0) is 34.6 Å². The van der Waals surface area contributed by atoms with E-state index in [9.17, 15) is 4.79 Å².